The summed E-state index contributed by atoms with van der Waals surface area (Å²) in [6, 6.07) is -0.160. The van der Waals surface area contributed by atoms with Gasteiger partial charge in [-0.2, -0.15) is 0 Å². The van der Waals surface area contributed by atoms with Gasteiger partial charge in [0.2, 0.25) is 0 Å². The Bertz CT molecular complexity index is 461. The van der Waals surface area contributed by atoms with Crippen molar-refractivity contribution in [2.24, 2.45) is 0 Å². The molecular formula is C15H34B2O8P4. The molecule has 8 nitrogen and oxygen atoms in total. The van der Waals surface area contributed by atoms with Gasteiger partial charge in [0.1, 0.15) is 43.4 Å². The van der Waals surface area contributed by atoms with Crippen LogP contribution in [0.1, 0.15) is 6.92 Å². The molecule has 2 aliphatic heterocycles. The van der Waals surface area contributed by atoms with Crippen LogP contribution < -0.4 is 0 Å². The third-order valence-electron chi connectivity index (χ3n) is 5.16. The maximum Gasteiger partial charge on any atom is 0.158 e. The Hall–Kier alpha value is 1.53. The molecule has 2 heterocycles. The first kappa shape index (κ1) is 26.8. The van der Waals surface area contributed by atoms with Gasteiger partial charge in [-0.1, -0.05) is 31.5 Å². The molecule has 0 aliphatic carbocycles. The van der Waals surface area contributed by atoms with E-state index in [4.69, 9.17) is 32.7 Å². The van der Waals surface area contributed by atoms with Crippen LogP contribution in [0.2, 0.25) is 13.6 Å². The first-order valence-corrected chi connectivity index (χ1v) is 15.5. The Kier molecular flexibility index (Phi) is 13.5. The third kappa shape index (κ3) is 7.53. The molecular weight excluding hydrogens is 454 g/mol. The maximum absolute atomic E-state index is 10.5. The molecule has 0 saturated carbocycles. The van der Waals surface area contributed by atoms with Gasteiger partial charge in [0.25, 0.3) is 0 Å². The SMILES string of the molecule is CB[C@@H]1O[C@H](COCO[C@@H]2C(OPP)[C@H](BC)O[C@@H]2COCC)[C@H](O)C1OPP. The largest absolute Gasteiger partial charge is 0.388 e. The lowest BCUT2D eigenvalue weighted by molar-refractivity contribution is -0.147. The average Bonchev–Trinajstić information content (AvgIpc) is 3.21. The van der Waals surface area contributed by atoms with E-state index in [0.717, 1.165) is 14.6 Å². The number of aliphatic hydroxyl groups excluding tert-OH is 1. The summed E-state index contributed by atoms with van der Waals surface area (Å²) in [4.78, 5) is 0. The van der Waals surface area contributed by atoms with E-state index >= 15 is 0 Å². The Balaban J connectivity index is 1.84. The summed E-state index contributed by atoms with van der Waals surface area (Å²) < 4.78 is 40.8. The molecule has 0 aromatic heterocycles. The van der Waals surface area contributed by atoms with E-state index in [2.05, 4.69) is 24.7 Å². The lowest BCUT2D eigenvalue weighted by Gasteiger charge is -2.24. The molecule has 0 aromatic carbocycles. The van der Waals surface area contributed by atoms with Crippen molar-refractivity contribution in [2.45, 2.75) is 69.2 Å². The molecule has 12 atom stereocenters. The Labute approximate surface area is 183 Å². The second kappa shape index (κ2) is 14.6. The lowest BCUT2D eigenvalue weighted by Crippen LogP contribution is -2.40. The molecule has 0 bridgehead atoms. The molecule has 2 saturated heterocycles. The van der Waals surface area contributed by atoms with E-state index in [-0.39, 0.29) is 66.8 Å². The minimum absolute atomic E-state index is 0.0329. The highest BCUT2D eigenvalue weighted by Crippen LogP contribution is 2.35. The molecule has 2 aliphatic rings. The summed E-state index contributed by atoms with van der Waals surface area (Å²) in [5.41, 5.74) is 0. The molecule has 0 aromatic rings. The number of rotatable bonds is 14. The van der Waals surface area contributed by atoms with Crippen LogP contribution in [-0.4, -0.2) is 94.9 Å². The highest BCUT2D eigenvalue weighted by molar-refractivity contribution is 8.00. The molecule has 29 heavy (non-hydrogen) atoms. The van der Waals surface area contributed by atoms with Crippen molar-refractivity contribution < 1.29 is 37.8 Å². The molecule has 2 rings (SSSR count). The van der Waals surface area contributed by atoms with Gasteiger partial charge in [-0.25, -0.2) is 0 Å². The average molecular weight is 488 g/mol. The second-order valence-electron chi connectivity index (χ2n) is 6.91. The van der Waals surface area contributed by atoms with Crippen molar-refractivity contribution in [3.05, 3.63) is 0 Å². The van der Waals surface area contributed by atoms with Crippen LogP contribution in [-0.2, 0) is 32.7 Å². The van der Waals surface area contributed by atoms with Crippen molar-refractivity contribution in [3.63, 3.8) is 0 Å². The van der Waals surface area contributed by atoms with Crippen molar-refractivity contribution in [1.82, 2.24) is 0 Å². The fraction of sp³-hybridized carbons (Fsp3) is 1.00. The van der Waals surface area contributed by atoms with Crippen molar-refractivity contribution >= 4 is 49.4 Å². The molecule has 0 amide bonds. The van der Waals surface area contributed by atoms with Gasteiger partial charge < -0.3 is 37.8 Å². The zero-order chi connectivity index (χ0) is 21.2. The van der Waals surface area contributed by atoms with E-state index in [1.165, 1.54) is 0 Å². The third-order valence-corrected chi connectivity index (χ3v) is 6.80. The van der Waals surface area contributed by atoms with Crippen LogP contribution in [0.5, 0.6) is 0 Å². The standard InChI is InChI=1S/C15H34B2O8P4/c1-4-19-6-9-11(13(25-29-27)15(17-3)23-9)21-7-20-5-8-10(18)12(24-28-26)14(16-2)22-8/h8-18,28-29H,4-7,26-27H2,1-3H3/t8-,9-,10+,11+,12?,13?,14-,15-/m1/s1. The van der Waals surface area contributed by atoms with Gasteiger partial charge in [0, 0.05) is 23.6 Å². The molecule has 0 spiro atoms. The summed E-state index contributed by atoms with van der Waals surface area (Å²) in [7, 11) is 7.23. The fourth-order valence-electron chi connectivity index (χ4n) is 3.72. The zero-order valence-corrected chi connectivity index (χ0v) is 21.6. The van der Waals surface area contributed by atoms with E-state index in [1.807, 2.05) is 13.7 Å². The predicted octanol–water partition coefficient (Wildman–Crippen LogP) is 0.700. The first-order chi connectivity index (χ1) is 14.1. The molecule has 2 fully saturated rings. The van der Waals surface area contributed by atoms with Crippen LogP contribution >= 0.6 is 34.8 Å². The van der Waals surface area contributed by atoms with Crippen molar-refractivity contribution in [3.8, 4) is 0 Å². The number of hydrogen-bond donors (Lipinski definition) is 1. The molecule has 168 valence electrons. The first-order valence-electron chi connectivity index (χ1n) is 10.1. The molecule has 6 unspecified atom stereocenters. The quantitative estimate of drug-likeness (QED) is 0.166. The molecule has 0 radical (unpaired) electrons. The van der Waals surface area contributed by atoms with Gasteiger partial charge in [0.05, 0.1) is 25.2 Å². The van der Waals surface area contributed by atoms with Gasteiger partial charge in [-0.3, -0.25) is 0 Å². The minimum Gasteiger partial charge on any atom is -0.388 e. The Morgan fingerprint density at radius 3 is 2.10 bits per heavy atom. The monoisotopic (exact) mass is 488 g/mol. The summed E-state index contributed by atoms with van der Waals surface area (Å²) >= 11 is 0. The molecule has 14 heteroatoms. The molecule has 1 N–H and O–H groups in total. The van der Waals surface area contributed by atoms with Crippen LogP contribution in [0.15, 0.2) is 0 Å². The van der Waals surface area contributed by atoms with Crippen LogP contribution in [0, 0.1) is 0 Å². The van der Waals surface area contributed by atoms with Gasteiger partial charge in [0.15, 0.2) is 14.6 Å². The van der Waals surface area contributed by atoms with Crippen LogP contribution in [0.25, 0.3) is 0 Å². The Morgan fingerprint density at radius 2 is 1.48 bits per heavy atom. The number of hydrogen-bond acceptors (Lipinski definition) is 8. The van der Waals surface area contributed by atoms with E-state index < -0.39 is 12.2 Å². The zero-order valence-electron chi connectivity index (χ0n) is 17.3. The summed E-state index contributed by atoms with van der Waals surface area (Å²) in [6.07, 6.45) is -2.11. The van der Waals surface area contributed by atoms with Gasteiger partial charge in [-0.15, -0.1) is 0 Å². The fourth-order valence-corrected chi connectivity index (χ4v) is 5.55. The summed E-state index contributed by atoms with van der Waals surface area (Å²) in [5.74, 6) is 0. The van der Waals surface area contributed by atoms with E-state index in [9.17, 15) is 5.11 Å². The van der Waals surface area contributed by atoms with Crippen LogP contribution in [0.3, 0.4) is 0 Å². The van der Waals surface area contributed by atoms with Crippen molar-refractivity contribution in [2.75, 3.05) is 26.6 Å². The predicted molar refractivity (Wildman–Crippen MR) is 127 cm³/mol. The Morgan fingerprint density at radius 1 is 0.897 bits per heavy atom. The normalized spacial score (nSPS) is 38.0. The van der Waals surface area contributed by atoms with E-state index in [0.29, 0.717) is 13.2 Å². The number of aliphatic hydroxyl groups is 1. The summed E-state index contributed by atoms with van der Waals surface area (Å²) in [6.45, 7) is 7.40. The van der Waals surface area contributed by atoms with E-state index in [1.54, 1.807) is 0 Å². The second-order valence-corrected chi connectivity index (χ2v) is 9.27. The minimum atomic E-state index is -0.715. The van der Waals surface area contributed by atoms with Gasteiger partial charge in [-0.05, 0) is 6.92 Å². The number of ether oxygens (including phenoxy) is 5. The van der Waals surface area contributed by atoms with Gasteiger partial charge >= 0.3 is 0 Å². The summed E-state index contributed by atoms with van der Waals surface area (Å²) in [5, 5.41) is 10.5. The highest BCUT2D eigenvalue weighted by atomic mass is 32.0. The highest BCUT2D eigenvalue weighted by Gasteiger charge is 2.46. The smallest absolute Gasteiger partial charge is 0.158 e. The van der Waals surface area contributed by atoms with Crippen molar-refractivity contribution in [1.29, 1.82) is 0 Å². The maximum atomic E-state index is 10.5. The lowest BCUT2D eigenvalue weighted by atomic mass is 9.72. The van der Waals surface area contributed by atoms with Crippen LogP contribution in [0.4, 0.5) is 0 Å². The topological polar surface area (TPSA) is 84.8 Å².